The quantitative estimate of drug-likeness (QED) is 0.569. The van der Waals surface area contributed by atoms with E-state index in [4.69, 9.17) is 18.9 Å². The summed E-state index contributed by atoms with van der Waals surface area (Å²) in [5, 5.41) is -0.526. The first-order chi connectivity index (χ1) is 12.5. The number of hydrogen-bond donors (Lipinski definition) is 0. The molecule has 3 rings (SSSR count). The van der Waals surface area contributed by atoms with Crippen molar-refractivity contribution < 1.29 is 33.3 Å². The van der Waals surface area contributed by atoms with E-state index in [-0.39, 0.29) is 18.3 Å². The highest BCUT2D eigenvalue weighted by Crippen LogP contribution is 2.41. The summed E-state index contributed by atoms with van der Waals surface area (Å²) in [6, 6.07) is 2.33. The molecule has 9 heteroatoms. The Balaban J connectivity index is 1.90. The highest BCUT2D eigenvalue weighted by Gasteiger charge is 2.41. The zero-order valence-corrected chi connectivity index (χ0v) is 15.3. The van der Waals surface area contributed by atoms with E-state index in [0.29, 0.717) is 22.8 Å². The Hall–Kier alpha value is -2.68. The maximum absolute atomic E-state index is 12.6. The minimum absolute atomic E-state index is 0.107. The fourth-order valence-electron chi connectivity index (χ4n) is 2.55. The van der Waals surface area contributed by atoms with Gasteiger partial charge >= 0.3 is 5.97 Å². The van der Waals surface area contributed by atoms with Crippen molar-refractivity contribution >= 4 is 35.0 Å². The molecule has 1 saturated heterocycles. The van der Waals surface area contributed by atoms with Gasteiger partial charge in [0, 0.05) is 11.6 Å². The number of imide groups is 1. The molecule has 1 aromatic carbocycles. The minimum atomic E-state index is -0.994. The van der Waals surface area contributed by atoms with E-state index >= 15 is 0 Å². The van der Waals surface area contributed by atoms with Crippen LogP contribution >= 0.6 is 11.8 Å². The molecular formula is C17H17NO7S. The second kappa shape index (κ2) is 7.28. The summed E-state index contributed by atoms with van der Waals surface area (Å²) in [6.07, 6.45) is 1.53. The van der Waals surface area contributed by atoms with Crippen LogP contribution in [0, 0.1) is 0 Å². The maximum Gasteiger partial charge on any atom is 0.329 e. The third kappa shape index (κ3) is 3.22. The maximum atomic E-state index is 12.6. The van der Waals surface area contributed by atoms with Gasteiger partial charge in [0.2, 0.25) is 6.79 Å². The summed E-state index contributed by atoms with van der Waals surface area (Å²) in [5.74, 6) is 0.357. The molecule has 1 atom stereocenters. The highest BCUT2D eigenvalue weighted by atomic mass is 32.2. The van der Waals surface area contributed by atoms with Crippen LogP contribution in [0.1, 0.15) is 19.4 Å². The van der Waals surface area contributed by atoms with Crippen molar-refractivity contribution in [3.63, 3.8) is 0 Å². The molecule has 138 valence electrons. The number of rotatable bonds is 5. The Morgan fingerprint density at radius 3 is 2.69 bits per heavy atom. The van der Waals surface area contributed by atoms with Crippen molar-refractivity contribution in [1.29, 1.82) is 0 Å². The zero-order valence-electron chi connectivity index (χ0n) is 14.4. The monoisotopic (exact) mass is 379 g/mol. The molecule has 0 spiro atoms. The molecule has 0 bridgehead atoms. The van der Waals surface area contributed by atoms with Crippen molar-refractivity contribution in [2.24, 2.45) is 0 Å². The number of thioether (sulfide) groups is 1. The fourth-order valence-corrected chi connectivity index (χ4v) is 3.45. The van der Waals surface area contributed by atoms with E-state index in [2.05, 4.69) is 0 Å². The second-order valence-electron chi connectivity index (χ2n) is 5.43. The van der Waals surface area contributed by atoms with Crippen LogP contribution in [0.5, 0.6) is 17.2 Å². The number of methoxy groups -OCH3 is 1. The third-order valence-electron chi connectivity index (χ3n) is 3.85. The predicted octanol–water partition coefficient (Wildman–Crippen LogP) is 2.41. The second-order valence-corrected chi connectivity index (χ2v) is 6.42. The normalized spacial score (nSPS) is 18.4. The number of benzene rings is 1. The van der Waals surface area contributed by atoms with Crippen molar-refractivity contribution in [1.82, 2.24) is 4.90 Å². The standard InChI is InChI=1S/C17H17NO7S/c1-4-23-16(20)9(2)18-15(19)14(26-17(18)21)6-10-5-12-13(25-8-24-12)7-11(10)22-3/h5-7,9H,4,8H2,1-3H3/b14-6-/t9-/m1/s1. The first-order valence-corrected chi connectivity index (χ1v) is 8.69. The average Bonchev–Trinajstić information content (AvgIpc) is 3.17. The van der Waals surface area contributed by atoms with E-state index in [1.165, 1.54) is 20.1 Å². The Labute approximate surface area is 154 Å². The number of hydrogen-bond acceptors (Lipinski definition) is 8. The summed E-state index contributed by atoms with van der Waals surface area (Å²) in [6.45, 7) is 3.39. The number of carbonyl (C=O) groups is 3. The summed E-state index contributed by atoms with van der Waals surface area (Å²) < 4.78 is 20.8. The number of ether oxygens (including phenoxy) is 4. The van der Waals surface area contributed by atoms with Gasteiger partial charge in [-0.3, -0.25) is 14.5 Å². The molecular weight excluding hydrogens is 362 g/mol. The van der Waals surface area contributed by atoms with Gasteiger partial charge in [-0.25, -0.2) is 4.79 Å². The Morgan fingerprint density at radius 2 is 2.04 bits per heavy atom. The van der Waals surface area contributed by atoms with Crippen LogP contribution in [-0.4, -0.2) is 48.6 Å². The van der Waals surface area contributed by atoms with Crippen molar-refractivity contribution in [3.8, 4) is 17.2 Å². The van der Waals surface area contributed by atoms with Crippen LogP contribution in [0.15, 0.2) is 17.0 Å². The topological polar surface area (TPSA) is 91.4 Å². The summed E-state index contributed by atoms with van der Waals surface area (Å²) >= 11 is 0.756. The summed E-state index contributed by atoms with van der Waals surface area (Å²) in [5.41, 5.74) is 0.561. The van der Waals surface area contributed by atoms with Crippen LogP contribution in [0.3, 0.4) is 0 Å². The van der Waals surface area contributed by atoms with Crippen LogP contribution in [-0.2, 0) is 14.3 Å². The molecule has 1 fully saturated rings. The molecule has 0 saturated carbocycles. The van der Waals surface area contributed by atoms with Gasteiger partial charge in [-0.05, 0) is 37.8 Å². The van der Waals surface area contributed by atoms with E-state index in [1.807, 2.05) is 0 Å². The van der Waals surface area contributed by atoms with Gasteiger partial charge in [0.25, 0.3) is 11.1 Å². The smallest absolute Gasteiger partial charge is 0.329 e. The lowest BCUT2D eigenvalue weighted by atomic mass is 10.1. The molecule has 0 radical (unpaired) electrons. The van der Waals surface area contributed by atoms with E-state index in [9.17, 15) is 14.4 Å². The summed E-state index contributed by atoms with van der Waals surface area (Å²) in [4.78, 5) is 37.8. The molecule has 0 aliphatic carbocycles. The van der Waals surface area contributed by atoms with Gasteiger partial charge in [-0.2, -0.15) is 0 Å². The largest absolute Gasteiger partial charge is 0.496 e. The van der Waals surface area contributed by atoms with Gasteiger partial charge in [-0.15, -0.1) is 0 Å². The minimum Gasteiger partial charge on any atom is -0.496 e. The van der Waals surface area contributed by atoms with Gasteiger partial charge in [0.05, 0.1) is 18.6 Å². The molecule has 26 heavy (non-hydrogen) atoms. The van der Waals surface area contributed by atoms with Crippen molar-refractivity contribution in [2.75, 3.05) is 20.5 Å². The predicted molar refractivity (Wildman–Crippen MR) is 93.0 cm³/mol. The molecule has 0 aromatic heterocycles. The molecule has 2 aliphatic rings. The lowest BCUT2D eigenvalue weighted by Crippen LogP contribution is -2.42. The summed E-state index contributed by atoms with van der Waals surface area (Å²) in [7, 11) is 1.49. The molecule has 0 N–H and O–H groups in total. The first-order valence-electron chi connectivity index (χ1n) is 7.87. The van der Waals surface area contributed by atoms with E-state index in [1.54, 1.807) is 19.1 Å². The average molecular weight is 379 g/mol. The highest BCUT2D eigenvalue weighted by molar-refractivity contribution is 8.18. The third-order valence-corrected chi connectivity index (χ3v) is 4.73. The van der Waals surface area contributed by atoms with Crippen LogP contribution in [0.4, 0.5) is 4.79 Å². The van der Waals surface area contributed by atoms with Gasteiger partial charge in [0.1, 0.15) is 11.8 Å². The van der Waals surface area contributed by atoms with Gasteiger partial charge in [-0.1, -0.05) is 0 Å². The first kappa shape index (κ1) is 18.1. The lowest BCUT2D eigenvalue weighted by molar-refractivity contribution is -0.150. The fraction of sp³-hybridized carbons (Fsp3) is 0.353. The van der Waals surface area contributed by atoms with Crippen molar-refractivity contribution in [2.45, 2.75) is 19.9 Å². The van der Waals surface area contributed by atoms with Crippen LogP contribution in [0.2, 0.25) is 0 Å². The van der Waals surface area contributed by atoms with Gasteiger partial charge in [0.15, 0.2) is 11.5 Å². The Kier molecular flexibility index (Phi) is 5.08. The van der Waals surface area contributed by atoms with Crippen LogP contribution in [0.25, 0.3) is 6.08 Å². The van der Waals surface area contributed by atoms with Crippen molar-refractivity contribution in [3.05, 3.63) is 22.6 Å². The Morgan fingerprint density at radius 1 is 1.35 bits per heavy atom. The molecule has 2 heterocycles. The molecule has 0 unspecified atom stereocenters. The Bertz CT molecular complexity index is 805. The van der Waals surface area contributed by atoms with Gasteiger partial charge < -0.3 is 18.9 Å². The van der Waals surface area contributed by atoms with E-state index < -0.39 is 23.2 Å². The van der Waals surface area contributed by atoms with Crippen LogP contribution < -0.4 is 14.2 Å². The number of amides is 2. The molecule has 1 aromatic rings. The molecule has 2 amide bonds. The molecule has 2 aliphatic heterocycles. The lowest BCUT2D eigenvalue weighted by Gasteiger charge is -2.19. The zero-order chi connectivity index (χ0) is 18.8. The number of fused-ring (bicyclic) bond motifs is 1. The van der Waals surface area contributed by atoms with E-state index in [0.717, 1.165) is 16.7 Å². The number of esters is 1. The number of nitrogens with zero attached hydrogens (tertiary/aromatic N) is 1. The SMILES string of the molecule is CCOC(=O)[C@@H](C)N1C(=O)S/C(=C\c2cc3c(cc2OC)OCO3)C1=O. The number of carbonyl (C=O) groups excluding carboxylic acids is 3. The molecule has 8 nitrogen and oxygen atoms in total.